The van der Waals surface area contributed by atoms with E-state index in [-0.39, 0.29) is 5.92 Å². The van der Waals surface area contributed by atoms with Crippen LogP contribution < -0.4 is 0 Å². The summed E-state index contributed by atoms with van der Waals surface area (Å²) in [4.78, 5) is 22.1. The molecule has 0 aromatic carbocycles. The predicted molar refractivity (Wildman–Crippen MR) is 90.1 cm³/mol. The van der Waals surface area contributed by atoms with Crippen LogP contribution in [0.2, 0.25) is 0 Å². The zero-order valence-corrected chi connectivity index (χ0v) is 14.0. The van der Waals surface area contributed by atoms with Crippen molar-refractivity contribution < 1.29 is 4.79 Å². The second-order valence-corrected chi connectivity index (χ2v) is 7.31. The van der Waals surface area contributed by atoms with Crippen LogP contribution in [0, 0.1) is 5.92 Å². The normalized spacial score (nSPS) is 34.0. The van der Waals surface area contributed by atoms with E-state index in [0.29, 0.717) is 23.9 Å². The highest BCUT2D eigenvalue weighted by atomic mass is 16.2. The van der Waals surface area contributed by atoms with Crippen LogP contribution in [0.5, 0.6) is 0 Å². The fourth-order valence-electron chi connectivity index (χ4n) is 4.79. The lowest BCUT2D eigenvalue weighted by atomic mass is 10.0. The highest BCUT2D eigenvalue weighted by molar-refractivity contribution is 5.83. The number of carbonyl (C=O) groups is 1. The van der Waals surface area contributed by atoms with Gasteiger partial charge in [-0.1, -0.05) is 13.0 Å². The number of aromatic nitrogens is 1. The molecule has 3 fully saturated rings. The van der Waals surface area contributed by atoms with Crippen LogP contribution >= 0.6 is 0 Å². The van der Waals surface area contributed by atoms with E-state index in [4.69, 9.17) is 0 Å². The lowest BCUT2D eigenvalue weighted by Gasteiger charge is -2.34. The quantitative estimate of drug-likeness (QED) is 0.857. The third kappa shape index (κ3) is 2.78. The topological polar surface area (TPSA) is 36.4 Å². The molecule has 3 heterocycles. The molecule has 4 nitrogen and oxygen atoms in total. The van der Waals surface area contributed by atoms with Crippen molar-refractivity contribution in [2.75, 3.05) is 19.6 Å². The van der Waals surface area contributed by atoms with Gasteiger partial charge in [-0.3, -0.25) is 14.7 Å². The summed E-state index contributed by atoms with van der Waals surface area (Å²) in [5, 5.41) is 0. The Hall–Kier alpha value is -1.42. The second kappa shape index (κ2) is 6.23. The fraction of sp³-hybridized carbons (Fsp3) is 0.684. The van der Waals surface area contributed by atoms with Gasteiger partial charge < -0.3 is 4.90 Å². The van der Waals surface area contributed by atoms with E-state index in [1.165, 1.54) is 37.8 Å². The van der Waals surface area contributed by atoms with Crippen molar-refractivity contribution in [3.05, 3.63) is 30.1 Å². The van der Waals surface area contributed by atoms with Gasteiger partial charge in [0.15, 0.2) is 0 Å². The Bertz CT molecular complexity index is 561. The molecule has 2 saturated heterocycles. The number of nitrogens with zero attached hydrogens (tertiary/aromatic N) is 3. The van der Waals surface area contributed by atoms with Gasteiger partial charge in [-0.05, 0) is 62.7 Å². The monoisotopic (exact) mass is 313 g/mol. The minimum absolute atomic E-state index is 0.205. The maximum atomic E-state index is 13.0. The van der Waals surface area contributed by atoms with Gasteiger partial charge in [0.05, 0.1) is 0 Å². The maximum absolute atomic E-state index is 13.0. The fourth-order valence-corrected chi connectivity index (χ4v) is 4.79. The lowest BCUT2D eigenvalue weighted by molar-refractivity contribution is -0.134. The Morgan fingerprint density at radius 3 is 2.87 bits per heavy atom. The maximum Gasteiger partial charge on any atom is 0.226 e. The summed E-state index contributed by atoms with van der Waals surface area (Å²) in [6.45, 7) is 5.54. The summed E-state index contributed by atoms with van der Waals surface area (Å²) < 4.78 is 0. The van der Waals surface area contributed by atoms with Gasteiger partial charge in [0, 0.05) is 36.9 Å². The second-order valence-electron chi connectivity index (χ2n) is 7.31. The van der Waals surface area contributed by atoms with Crippen molar-refractivity contribution in [1.82, 2.24) is 14.8 Å². The Morgan fingerprint density at radius 2 is 2.09 bits per heavy atom. The van der Waals surface area contributed by atoms with Gasteiger partial charge in [-0.2, -0.15) is 0 Å². The van der Waals surface area contributed by atoms with Crippen molar-refractivity contribution in [1.29, 1.82) is 0 Å². The smallest absolute Gasteiger partial charge is 0.226 e. The summed E-state index contributed by atoms with van der Waals surface area (Å²) in [5.74, 6) is 1.02. The van der Waals surface area contributed by atoms with Crippen molar-refractivity contribution in [3.8, 4) is 0 Å². The van der Waals surface area contributed by atoms with E-state index in [0.717, 1.165) is 19.5 Å². The van der Waals surface area contributed by atoms with E-state index in [9.17, 15) is 4.79 Å². The molecule has 4 rings (SSSR count). The Balaban J connectivity index is 1.44. The zero-order chi connectivity index (χ0) is 15.8. The molecule has 4 heteroatoms. The first-order chi connectivity index (χ1) is 11.3. The van der Waals surface area contributed by atoms with Crippen LogP contribution in [-0.2, 0) is 4.79 Å². The Morgan fingerprint density at radius 1 is 1.26 bits per heavy atom. The molecule has 1 aliphatic carbocycles. The van der Waals surface area contributed by atoms with E-state index >= 15 is 0 Å². The van der Waals surface area contributed by atoms with Crippen molar-refractivity contribution in [3.63, 3.8) is 0 Å². The molecule has 4 atom stereocenters. The van der Waals surface area contributed by atoms with E-state index in [2.05, 4.69) is 27.8 Å². The van der Waals surface area contributed by atoms with E-state index in [1.807, 2.05) is 12.3 Å². The number of rotatable bonds is 4. The van der Waals surface area contributed by atoms with Crippen molar-refractivity contribution in [2.24, 2.45) is 5.92 Å². The molecule has 0 N–H and O–H groups in total. The van der Waals surface area contributed by atoms with Gasteiger partial charge in [0.25, 0.3) is 0 Å². The summed E-state index contributed by atoms with van der Waals surface area (Å²) in [6.07, 6.45) is 9.66. The number of hydrogen-bond donors (Lipinski definition) is 0. The molecule has 0 unspecified atom stereocenters. The molecule has 1 aromatic heterocycles. The Labute approximate surface area is 138 Å². The highest BCUT2D eigenvalue weighted by Crippen LogP contribution is 2.49. The SMILES string of the molecule is CCN1CCC[C@@H]1[C@@H]1CCCN1C(=O)[C@@H]1C[C@@H]1c1cccnc1. The number of amides is 1. The largest absolute Gasteiger partial charge is 0.338 e. The molecule has 1 amide bonds. The summed E-state index contributed by atoms with van der Waals surface area (Å²) in [7, 11) is 0. The van der Waals surface area contributed by atoms with Gasteiger partial charge >= 0.3 is 0 Å². The molecule has 0 bridgehead atoms. The van der Waals surface area contributed by atoms with Gasteiger partial charge in [-0.25, -0.2) is 0 Å². The molecule has 0 spiro atoms. The molecule has 3 aliphatic rings. The third-order valence-electron chi connectivity index (χ3n) is 6.07. The molecular weight excluding hydrogens is 286 g/mol. The number of hydrogen-bond acceptors (Lipinski definition) is 3. The molecule has 23 heavy (non-hydrogen) atoms. The van der Waals surface area contributed by atoms with Crippen LogP contribution in [-0.4, -0.2) is 52.4 Å². The van der Waals surface area contributed by atoms with Crippen LogP contribution in [0.25, 0.3) is 0 Å². The minimum atomic E-state index is 0.205. The molecule has 0 radical (unpaired) electrons. The number of pyridine rings is 1. The predicted octanol–water partition coefficient (Wildman–Crippen LogP) is 2.66. The van der Waals surface area contributed by atoms with Gasteiger partial charge in [0.2, 0.25) is 5.91 Å². The first-order valence-electron chi connectivity index (χ1n) is 9.24. The molecule has 2 aliphatic heterocycles. The van der Waals surface area contributed by atoms with Crippen LogP contribution in [0.3, 0.4) is 0 Å². The number of likely N-dealkylation sites (N-methyl/N-ethyl adjacent to an activating group) is 1. The number of carbonyl (C=O) groups excluding carboxylic acids is 1. The molecular formula is C19H27N3O. The average Bonchev–Trinajstić information content (AvgIpc) is 3.02. The van der Waals surface area contributed by atoms with Crippen molar-refractivity contribution in [2.45, 2.75) is 57.0 Å². The van der Waals surface area contributed by atoms with Gasteiger partial charge in [0.1, 0.15) is 0 Å². The van der Waals surface area contributed by atoms with Crippen LogP contribution in [0.15, 0.2) is 24.5 Å². The Kier molecular flexibility index (Phi) is 4.10. The molecule has 1 saturated carbocycles. The molecule has 124 valence electrons. The minimum Gasteiger partial charge on any atom is -0.338 e. The molecule has 1 aromatic rings. The zero-order valence-electron chi connectivity index (χ0n) is 14.0. The standard InChI is InChI=1S/C19H27N3O/c1-2-21-10-4-7-17(21)18-8-5-11-22(18)19(23)16-12-15(16)14-6-3-9-20-13-14/h3,6,9,13,15-18H,2,4-5,7-8,10-12H2,1H3/t15-,16-,17-,18+/m1/s1. The average molecular weight is 313 g/mol. The summed E-state index contributed by atoms with van der Waals surface area (Å²) in [6, 6.07) is 5.15. The highest BCUT2D eigenvalue weighted by Gasteiger charge is 2.49. The number of likely N-dealkylation sites (tertiary alicyclic amines) is 2. The van der Waals surface area contributed by atoms with E-state index < -0.39 is 0 Å². The lowest BCUT2D eigenvalue weighted by Crippen LogP contribution is -2.48. The van der Waals surface area contributed by atoms with Crippen LogP contribution in [0.1, 0.15) is 50.5 Å². The van der Waals surface area contributed by atoms with Crippen molar-refractivity contribution >= 4 is 5.91 Å². The van der Waals surface area contributed by atoms with Crippen LogP contribution in [0.4, 0.5) is 0 Å². The van der Waals surface area contributed by atoms with E-state index in [1.54, 1.807) is 6.20 Å². The summed E-state index contributed by atoms with van der Waals surface area (Å²) >= 11 is 0. The van der Waals surface area contributed by atoms with Gasteiger partial charge in [-0.15, -0.1) is 0 Å². The third-order valence-corrected chi connectivity index (χ3v) is 6.07. The first-order valence-corrected chi connectivity index (χ1v) is 9.24. The summed E-state index contributed by atoms with van der Waals surface area (Å²) in [5.41, 5.74) is 1.23. The first kappa shape index (κ1) is 15.1.